The van der Waals surface area contributed by atoms with Crippen LogP contribution in [-0.2, 0) is 4.79 Å². The number of benzene rings is 1. The first-order valence-corrected chi connectivity index (χ1v) is 8.47. The van der Waals surface area contributed by atoms with Gasteiger partial charge in [-0.25, -0.2) is 0 Å². The van der Waals surface area contributed by atoms with E-state index in [9.17, 15) is 9.90 Å². The van der Waals surface area contributed by atoms with E-state index in [2.05, 4.69) is 4.99 Å². The van der Waals surface area contributed by atoms with Gasteiger partial charge in [-0.2, -0.15) is 0 Å². The normalized spacial score (nSPS) is 21.6. The van der Waals surface area contributed by atoms with Crippen LogP contribution in [0.5, 0.6) is 0 Å². The van der Waals surface area contributed by atoms with E-state index in [1.165, 1.54) is 0 Å². The molecule has 1 aromatic rings. The Morgan fingerprint density at radius 3 is 2.61 bits per heavy atom. The summed E-state index contributed by atoms with van der Waals surface area (Å²) >= 11 is 12.1. The Kier molecular flexibility index (Phi) is 5.53. The van der Waals surface area contributed by atoms with Crippen molar-refractivity contribution in [3.8, 4) is 0 Å². The smallest absolute Gasteiger partial charge is 0.168 e. The lowest BCUT2D eigenvalue weighted by atomic mass is 9.73. The fourth-order valence-electron chi connectivity index (χ4n) is 2.79. The van der Waals surface area contributed by atoms with Crippen LogP contribution in [0.4, 0.5) is 5.69 Å². The maximum atomic E-state index is 12.5. The molecular weight excluding hydrogens is 333 g/mol. The van der Waals surface area contributed by atoms with Crippen molar-refractivity contribution in [3.63, 3.8) is 0 Å². The summed E-state index contributed by atoms with van der Waals surface area (Å²) in [6.07, 6.45) is 2.25. The molecule has 1 fully saturated rings. The lowest BCUT2D eigenvalue weighted by Gasteiger charge is -2.31. The molecule has 0 saturated heterocycles. The van der Waals surface area contributed by atoms with Crippen molar-refractivity contribution >= 4 is 40.4 Å². The molecule has 0 spiro atoms. The molecule has 0 unspecified atom stereocenters. The van der Waals surface area contributed by atoms with Gasteiger partial charge in [0.25, 0.3) is 0 Å². The van der Waals surface area contributed by atoms with Crippen molar-refractivity contribution in [2.24, 2.45) is 10.4 Å². The average molecular weight is 354 g/mol. The second-order valence-electron chi connectivity index (χ2n) is 6.67. The number of halogens is 2. The molecule has 0 heterocycles. The molecule has 5 heteroatoms. The number of allylic oxidation sites excluding steroid dienone is 2. The third-order valence-corrected chi connectivity index (χ3v) is 4.33. The highest BCUT2D eigenvalue weighted by Gasteiger charge is 2.36. The molecule has 124 valence electrons. The number of hydrogen-bond acceptors (Lipinski definition) is 3. The molecule has 0 radical (unpaired) electrons. The Balaban J connectivity index is 2.54. The molecule has 1 aliphatic rings. The Hall–Kier alpha value is -1.32. The van der Waals surface area contributed by atoms with Crippen LogP contribution in [0.3, 0.4) is 0 Å². The number of aliphatic hydroxyl groups excluding tert-OH is 1. The summed E-state index contributed by atoms with van der Waals surface area (Å²) in [5, 5.41) is 11.3. The first-order chi connectivity index (χ1) is 10.7. The minimum absolute atomic E-state index is 0.0592. The van der Waals surface area contributed by atoms with Gasteiger partial charge in [0.15, 0.2) is 5.78 Å². The lowest BCUT2D eigenvalue weighted by Crippen LogP contribution is -2.32. The zero-order valence-electron chi connectivity index (χ0n) is 13.6. The van der Waals surface area contributed by atoms with Gasteiger partial charge in [0.2, 0.25) is 0 Å². The predicted octanol–water partition coefficient (Wildman–Crippen LogP) is 6.07. The van der Waals surface area contributed by atoms with Gasteiger partial charge in [0.05, 0.1) is 22.0 Å². The van der Waals surface area contributed by atoms with Gasteiger partial charge in [-0.1, -0.05) is 44.0 Å². The summed E-state index contributed by atoms with van der Waals surface area (Å²) in [6.45, 7) is 6.01. The Morgan fingerprint density at radius 1 is 1.30 bits per heavy atom. The maximum absolute atomic E-state index is 12.5. The lowest BCUT2D eigenvalue weighted by molar-refractivity contribution is -0.117. The zero-order valence-corrected chi connectivity index (χ0v) is 15.1. The Labute approximate surface area is 147 Å². The molecule has 0 bridgehead atoms. The van der Waals surface area contributed by atoms with Crippen LogP contribution < -0.4 is 0 Å². The van der Waals surface area contributed by atoms with E-state index >= 15 is 0 Å². The maximum Gasteiger partial charge on any atom is 0.168 e. The van der Waals surface area contributed by atoms with E-state index in [1.54, 1.807) is 18.2 Å². The van der Waals surface area contributed by atoms with E-state index in [4.69, 9.17) is 23.2 Å². The second-order valence-corrected chi connectivity index (χ2v) is 7.51. The standard InChI is InChI=1S/C18H21Cl2NO2/c1-4-5-15(22)17-14(9-18(2,3)10-16(17)23)21-13-7-6-11(19)8-12(13)20/h6-8,22H,4-5,9-10H2,1-3H3/b17-15+,21-14?. The van der Waals surface area contributed by atoms with Crippen molar-refractivity contribution in [1.29, 1.82) is 0 Å². The molecule has 1 aliphatic carbocycles. The summed E-state index contributed by atoms with van der Waals surface area (Å²) in [6, 6.07) is 5.05. The molecular formula is C18H21Cl2NO2. The van der Waals surface area contributed by atoms with E-state index in [0.717, 1.165) is 6.42 Å². The van der Waals surface area contributed by atoms with E-state index in [0.29, 0.717) is 46.3 Å². The molecule has 23 heavy (non-hydrogen) atoms. The minimum atomic E-state index is -0.190. The first kappa shape index (κ1) is 18.0. The van der Waals surface area contributed by atoms with Crippen molar-refractivity contribution in [3.05, 3.63) is 39.6 Å². The van der Waals surface area contributed by atoms with Crippen LogP contribution in [0.1, 0.15) is 46.5 Å². The first-order valence-electron chi connectivity index (χ1n) is 7.72. The Bertz CT molecular complexity index is 690. The largest absolute Gasteiger partial charge is 0.511 e. The van der Waals surface area contributed by atoms with Gasteiger partial charge < -0.3 is 5.11 Å². The number of aliphatic imine (C=N–C) groups is 1. The molecule has 1 N–H and O–H groups in total. The van der Waals surface area contributed by atoms with Crippen LogP contribution in [-0.4, -0.2) is 16.6 Å². The number of Topliss-reactive ketones (excluding diaryl/α,β-unsaturated/α-hetero) is 1. The van der Waals surface area contributed by atoms with E-state index in [1.807, 2.05) is 20.8 Å². The van der Waals surface area contributed by atoms with Gasteiger partial charge in [-0.15, -0.1) is 0 Å². The number of aliphatic hydroxyl groups is 1. The number of carbonyl (C=O) groups is 1. The third kappa shape index (κ3) is 4.36. The molecule has 0 aliphatic heterocycles. The summed E-state index contributed by atoms with van der Waals surface area (Å²) in [7, 11) is 0. The van der Waals surface area contributed by atoms with Crippen LogP contribution in [0, 0.1) is 5.41 Å². The monoisotopic (exact) mass is 353 g/mol. The highest BCUT2D eigenvalue weighted by atomic mass is 35.5. The zero-order chi connectivity index (χ0) is 17.2. The molecule has 0 atom stereocenters. The minimum Gasteiger partial charge on any atom is -0.511 e. The number of nitrogens with zero attached hydrogens (tertiary/aromatic N) is 1. The number of ketones is 1. The summed E-state index contributed by atoms with van der Waals surface area (Å²) in [5.41, 5.74) is 1.32. The Morgan fingerprint density at radius 2 is 2.00 bits per heavy atom. The van der Waals surface area contributed by atoms with Crippen molar-refractivity contribution in [2.45, 2.75) is 46.5 Å². The topological polar surface area (TPSA) is 49.7 Å². The second kappa shape index (κ2) is 7.06. The molecule has 2 rings (SSSR count). The van der Waals surface area contributed by atoms with Crippen LogP contribution in [0.2, 0.25) is 10.0 Å². The average Bonchev–Trinajstić information content (AvgIpc) is 2.40. The molecule has 0 aromatic heterocycles. The van der Waals surface area contributed by atoms with Crippen molar-refractivity contribution < 1.29 is 9.90 Å². The molecule has 3 nitrogen and oxygen atoms in total. The third-order valence-electron chi connectivity index (χ3n) is 3.79. The van der Waals surface area contributed by atoms with Gasteiger partial charge >= 0.3 is 0 Å². The number of hydrogen-bond donors (Lipinski definition) is 1. The molecule has 0 amide bonds. The van der Waals surface area contributed by atoms with Crippen LogP contribution in [0.15, 0.2) is 34.5 Å². The molecule has 1 aromatic carbocycles. The highest BCUT2D eigenvalue weighted by molar-refractivity contribution is 6.36. The van der Waals surface area contributed by atoms with Crippen LogP contribution >= 0.6 is 23.2 Å². The van der Waals surface area contributed by atoms with E-state index in [-0.39, 0.29) is 17.0 Å². The van der Waals surface area contributed by atoms with Gasteiger partial charge in [0.1, 0.15) is 5.76 Å². The summed E-state index contributed by atoms with van der Waals surface area (Å²) in [4.78, 5) is 17.1. The summed E-state index contributed by atoms with van der Waals surface area (Å²) < 4.78 is 0. The van der Waals surface area contributed by atoms with Crippen molar-refractivity contribution in [1.82, 2.24) is 0 Å². The quantitative estimate of drug-likeness (QED) is 0.529. The SMILES string of the molecule is CCC/C(O)=C1\C(=O)CC(C)(C)CC1=Nc1ccc(Cl)cc1Cl. The summed E-state index contributed by atoms with van der Waals surface area (Å²) in [5.74, 6) is 0.0628. The van der Waals surface area contributed by atoms with E-state index < -0.39 is 0 Å². The fourth-order valence-corrected chi connectivity index (χ4v) is 3.24. The predicted molar refractivity (Wildman–Crippen MR) is 96.1 cm³/mol. The van der Waals surface area contributed by atoms with Crippen LogP contribution in [0.25, 0.3) is 0 Å². The highest BCUT2D eigenvalue weighted by Crippen LogP contribution is 2.38. The van der Waals surface area contributed by atoms with Gasteiger partial charge in [-0.3, -0.25) is 9.79 Å². The number of carbonyl (C=O) groups excluding carboxylic acids is 1. The van der Waals surface area contributed by atoms with Gasteiger partial charge in [-0.05, 0) is 36.5 Å². The number of rotatable bonds is 3. The van der Waals surface area contributed by atoms with Crippen molar-refractivity contribution in [2.75, 3.05) is 0 Å². The molecule has 1 saturated carbocycles. The van der Waals surface area contributed by atoms with Gasteiger partial charge in [0, 0.05) is 17.9 Å². The fraction of sp³-hybridized carbons (Fsp3) is 0.444.